The second kappa shape index (κ2) is 7.37. The van der Waals surface area contributed by atoms with E-state index < -0.39 is 5.91 Å². The minimum atomic E-state index is -0.403. The molecule has 8 nitrogen and oxygen atoms in total. The lowest BCUT2D eigenvalue weighted by Crippen LogP contribution is -2.52. The van der Waals surface area contributed by atoms with Crippen LogP contribution in [-0.4, -0.2) is 66.5 Å². The zero-order chi connectivity index (χ0) is 16.9. The quantitative estimate of drug-likeness (QED) is 0.880. The molecular weight excluding hydrogens is 314 g/mol. The molecule has 130 valence electrons. The van der Waals surface area contributed by atoms with E-state index in [2.05, 4.69) is 5.32 Å². The lowest BCUT2D eigenvalue weighted by Gasteiger charge is -2.39. The van der Waals surface area contributed by atoms with Crippen molar-refractivity contribution in [2.75, 3.05) is 32.8 Å². The molecule has 2 fully saturated rings. The van der Waals surface area contributed by atoms with Gasteiger partial charge in [0, 0.05) is 25.7 Å². The number of piperidine rings is 1. The third-order valence-electron chi connectivity index (χ3n) is 4.41. The first-order valence-electron chi connectivity index (χ1n) is 8.18. The predicted molar refractivity (Wildman–Crippen MR) is 83.3 cm³/mol. The Morgan fingerprint density at radius 1 is 1.25 bits per heavy atom. The van der Waals surface area contributed by atoms with Gasteiger partial charge in [0.15, 0.2) is 5.76 Å². The van der Waals surface area contributed by atoms with Gasteiger partial charge in [0.1, 0.15) is 0 Å². The van der Waals surface area contributed by atoms with Gasteiger partial charge in [0.2, 0.25) is 5.91 Å². The molecule has 1 aromatic rings. The van der Waals surface area contributed by atoms with E-state index in [1.54, 1.807) is 21.9 Å². The number of likely N-dealkylation sites (tertiary alicyclic amines) is 1. The molecule has 1 aromatic heterocycles. The van der Waals surface area contributed by atoms with Crippen LogP contribution in [0.15, 0.2) is 22.8 Å². The molecule has 3 amide bonds. The molecule has 2 aliphatic heterocycles. The van der Waals surface area contributed by atoms with Crippen molar-refractivity contribution < 1.29 is 23.5 Å². The number of nitrogens with one attached hydrogen (secondary N) is 1. The lowest BCUT2D eigenvalue weighted by molar-refractivity contribution is -0.131. The van der Waals surface area contributed by atoms with Crippen LogP contribution in [0.2, 0.25) is 0 Å². The number of hydrogen-bond donors (Lipinski definition) is 1. The Balaban J connectivity index is 1.43. The van der Waals surface area contributed by atoms with Crippen LogP contribution in [0.4, 0.5) is 4.79 Å². The summed E-state index contributed by atoms with van der Waals surface area (Å²) in [4.78, 5) is 39.2. The van der Waals surface area contributed by atoms with Crippen LogP contribution in [0.1, 0.15) is 29.8 Å². The molecule has 0 unspecified atom stereocenters. The van der Waals surface area contributed by atoms with E-state index in [0.29, 0.717) is 19.7 Å². The summed E-state index contributed by atoms with van der Waals surface area (Å²) in [6.45, 7) is 2.29. The zero-order valence-corrected chi connectivity index (χ0v) is 13.4. The number of rotatable bonds is 4. The zero-order valence-electron chi connectivity index (χ0n) is 13.4. The van der Waals surface area contributed by atoms with E-state index in [0.717, 1.165) is 25.8 Å². The van der Waals surface area contributed by atoms with Crippen LogP contribution in [0, 0.1) is 0 Å². The number of ether oxygens (including phenoxy) is 1. The summed E-state index contributed by atoms with van der Waals surface area (Å²) < 4.78 is 10.0. The molecule has 0 radical (unpaired) electrons. The molecule has 2 saturated heterocycles. The van der Waals surface area contributed by atoms with Gasteiger partial charge >= 0.3 is 6.09 Å². The molecular formula is C16H21N3O5. The topological polar surface area (TPSA) is 92.1 Å². The SMILES string of the molecule is O=C(NCC(=O)N1CCC(N2CCCOC2=O)CC1)c1ccco1. The maximum atomic E-state index is 12.2. The van der Waals surface area contributed by atoms with Crippen molar-refractivity contribution in [1.29, 1.82) is 0 Å². The Morgan fingerprint density at radius 3 is 2.71 bits per heavy atom. The Morgan fingerprint density at radius 2 is 2.04 bits per heavy atom. The highest BCUT2D eigenvalue weighted by molar-refractivity contribution is 5.94. The summed E-state index contributed by atoms with van der Waals surface area (Å²) >= 11 is 0. The summed E-state index contributed by atoms with van der Waals surface area (Å²) in [6, 6.07) is 3.29. The highest BCUT2D eigenvalue weighted by atomic mass is 16.6. The maximum absolute atomic E-state index is 12.2. The largest absolute Gasteiger partial charge is 0.459 e. The Bertz CT molecular complexity index is 593. The van der Waals surface area contributed by atoms with Crippen LogP contribution < -0.4 is 5.32 Å². The molecule has 0 aliphatic carbocycles. The van der Waals surface area contributed by atoms with Crippen molar-refractivity contribution >= 4 is 17.9 Å². The maximum Gasteiger partial charge on any atom is 0.410 e. The van der Waals surface area contributed by atoms with Gasteiger partial charge in [0.05, 0.1) is 19.4 Å². The van der Waals surface area contributed by atoms with Crippen molar-refractivity contribution in [3.8, 4) is 0 Å². The van der Waals surface area contributed by atoms with E-state index in [1.807, 2.05) is 0 Å². The molecule has 3 heterocycles. The molecule has 0 aromatic carbocycles. The van der Waals surface area contributed by atoms with Crippen LogP contribution >= 0.6 is 0 Å². The molecule has 0 spiro atoms. The number of cyclic esters (lactones) is 1. The predicted octanol–water partition coefficient (Wildman–Crippen LogP) is 0.843. The Labute approximate surface area is 139 Å². The van der Waals surface area contributed by atoms with Crippen molar-refractivity contribution in [2.24, 2.45) is 0 Å². The van der Waals surface area contributed by atoms with E-state index in [1.165, 1.54) is 6.26 Å². The Kier molecular flexibility index (Phi) is 5.02. The van der Waals surface area contributed by atoms with Crippen LogP contribution in [0.5, 0.6) is 0 Å². The second-order valence-electron chi connectivity index (χ2n) is 5.93. The fraction of sp³-hybridized carbons (Fsp3) is 0.562. The summed E-state index contributed by atoms with van der Waals surface area (Å²) in [5.41, 5.74) is 0. The number of nitrogens with zero attached hydrogens (tertiary/aromatic N) is 2. The third kappa shape index (κ3) is 3.69. The standard InChI is InChI=1S/C16H21N3O5/c20-14(11-17-15(21)13-3-1-9-23-13)18-7-4-12(5-8-18)19-6-2-10-24-16(19)22/h1,3,9,12H,2,4-8,10-11H2,(H,17,21). The summed E-state index contributed by atoms with van der Waals surface area (Å²) in [7, 11) is 0. The van der Waals surface area contributed by atoms with Gasteiger partial charge in [-0.3, -0.25) is 9.59 Å². The highest BCUT2D eigenvalue weighted by Crippen LogP contribution is 2.20. The Hall–Kier alpha value is -2.51. The van der Waals surface area contributed by atoms with Crippen LogP contribution in [0.3, 0.4) is 0 Å². The number of amides is 3. The summed E-state index contributed by atoms with van der Waals surface area (Å²) in [5.74, 6) is -0.348. The molecule has 2 aliphatic rings. The first-order chi connectivity index (χ1) is 11.6. The first kappa shape index (κ1) is 16.4. The van der Waals surface area contributed by atoms with Crippen molar-refractivity contribution in [2.45, 2.75) is 25.3 Å². The van der Waals surface area contributed by atoms with E-state index in [4.69, 9.17) is 9.15 Å². The fourth-order valence-corrected chi connectivity index (χ4v) is 3.09. The second-order valence-corrected chi connectivity index (χ2v) is 5.93. The number of carbonyl (C=O) groups is 3. The van der Waals surface area contributed by atoms with Gasteiger partial charge in [-0.2, -0.15) is 0 Å². The number of furan rings is 1. The van der Waals surface area contributed by atoms with E-state index in [-0.39, 0.29) is 30.3 Å². The molecule has 0 saturated carbocycles. The molecule has 0 atom stereocenters. The third-order valence-corrected chi connectivity index (χ3v) is 4.41. The average Bonchev–Trinajstić information content (AvgIpc) is 3.15. The fourth-order valence-electron chi connectivity index (χ4n) is 3.09. The average molecular weight is 335 g/mol. The first-order valence-corrected chi connectivity index (χ1v) is 8.18. The molecule has 8 heteroatoms. The summed E-state index contributed by atoms with van der Waals surface area (Å²) in [5, 5.41) is 2.56. The van der Waals surface area contributed by atoms with E-state index >= 15 is 0 Å². The van der Waals surface area contributed by atoms with Crippen molar-refractivity contribution in [1.82, 2.24) is 15.1 Å². The van der Waals surface area contributed by atoms with Gasteiger partial charge < -0.3 is 24.3 Å². The van der Waals surface area contributed by atoms with Crippen LogP contribution in [0.25, 0.3) is 0 Å². The normalized spacial score (nSPS) is 19.1. The van der Waals surface area contributed by atoms with Crippen molar-refractivity contribution in [3.63, 3.8) is 0 Å². The summed E-state index contributed by atoms with van der Waals surface area (Å²) in [6.07, 6.45) is 3.47. The minimum absolute atomic E-state index is 0.0596. The van der Waals surface area contributed by atoms with Crippen molar-refractivity contribution in [3.05, 3.63) is 24.2 Å². The minimum Gasteiger partial charge on any atom is -0.459 e. The van der Waals surface area contributed by atoms with Gasteiger partial charge in [0.25, 0.3) is 5.91 Å². The lowest BCUT2D eigenvalue weighted by atomic mass is 10.0. The van der Waals surface area contributed by atoms with Gasteiger partial charge in [-0.25, -0.2) is 4.79 Å². The molecule has 24 heavy (non-hydrogen) atoms. The van der Waals surface area contributed by atoms with Gasteiger partial charge in [-0.15, -0.1) is 0 Å². The number of hydrogen-bond acceptors (Lipinski definition) is 5. The van der Waals surface area contributed by atoms with E-state index in [9.17, 15) is 14.4 Å². The molecule has 3 rings (SSSR count). The van der Waals surface area contributed by atoms with Crippen LogP contribution in [-0.2, 0) is 9.53 Å². The smallest absolute Gasteiger partial charge is 0.410 e. The molecule has 1 N–H and O–H groups in total. The highest BCUT2D eigenvalue weighted by Gasteiger charge is 2.31. The molecule has 0 bridgehead atoms. The number of carbonyl (C=O) groups excluding carboxylic acids is 3. The van der Waals surface area contributed by atoms with Gasteiger partial charge in [-0.05, 0) is 31.4 Å². The monoisotopic (exact) mass is 335 g/mol. The van der Waals surface area contributed by atoms with Gasteiger partial charge in [-0.1, -0.05) is 0 Å².